The molecule has 28 heavy (non-hydrogen) atoms. The summed E-state index contributed by atoms with van der Waals surface area (Å²) >= 11 is 0. The minimum Gasteiger partial charge on any atom is -0.445 e. The van der Waals surface area contributed by atoms with Crippen LogP contribution in [0.4, 0.5) is 9.18 Å². The number of ether oxygens (including phenoxy) is 2. The summed E-state index contributed by atoms with van der Waals surface area (Å²) in [6.45, 7) is 0.915. The molecule has 4 rings (SSSR count). The van der Waals surface area contributed by atoms with Crippen LogP contribution in [0.3, 0.4) is 0 Å². The van der Waals surface area contributed by atoms with Crippen molar-refractivity contribution in [1.29, 1.82) is 0 Å². The van der Waals surface area contributed by atoms with Crippen molar-refractivity contribution < 1.29 is 23.5 Å². The first kappa shape index (κ1) is 18.4. The molecule has 144 valence electrons. The van der Waals surface area contributed by atoms with Gasteiger partial charge in [-0.25, -0.2) is 9.18 Å². The van der Waals surface area contributed by atoms with Gasteiger partial charge < -0.3 is 9.47 Å². The Morgan fingerprint density at radius 1 is 1.18 bits per heavy atom. The van der Waals surface area contributed by atoms with Crippen molar-refractivity contribution in [3.8, 4) is 0 Å². The maximum Gasteiger partial charge on any atom is 0.411 e. The molecule has 0 aliphatic carbocycles. The van der Waals surface area contributed by atoms with Crippen LogP contribution in [0.1, 0.15) is 27.9 Å². The van der Waals surface area contributed by atoms with Gasteiger partial charge in [0, 0.05) is 0 Å². The zero-order valence-corrected chi connectivity index (χ0v) is 15.2. The average Bonchev–Trinajstić information content (AvgIpc) is 2.71. The van der Waals surface area contributed by atoms with E-state index in [0.29, 0.717) is 31.5 Å². The number of hydrogen-bond donors (Lipinski definition) is 0. The predicted octanol–water partition coefficient (Wildman–Crippen LogP) is 3.83. The standard InChI is InChI=1S/C22H20FNO4/c23-21-8-4-7-19(20(21)11-25)16-9-17-13-27-14-18(10-16)24(17)22(26)28-12-15-5-2-1-3-6-15/h1-9,11,17-18H,10,12-14H2. The van der Waals surface area contributed by atoms with E-state index in [1.54, 1.807) is 17.0 Å². The lowest BCUT2D eigenvalue weighted by Gasteiger charge is -2.43. The van der Waals surface area contributed by atoms with E-state index in [1.807, 2.05) is 36.4 Å². The van der Waals surface area contributed by atoms with Crippen LogP contribution >= 0.6 is 0 Å². The number of hydrogen-bond acceptors (Lipinski definition) is 4. The molecule has 2 aliphatic rings. The molecule has 2 unspecified atom stereocenters. The molecule has 0 aromatic heterocycles. The Balaban J connectivity index is 1.55. The summed E-state index contributed by atoms with van der Waals surface area (Å²) in [5.74, 6) is -0.542. The Labute approximate surface area is 162 Å². The lowest BCUT2D eigenvalue weighted by Crippen LogP contribution is -2.56. The van der Waals surface area contributed by atoms with Crippen molar-refractivity contribution in [2.24, 2.45) is 0 Å². The summed E-state index contributed by atoms with van der Waals surface area (Å²) in [5.41, 5.74) is 2.39. The van der Waals surface area contributed by atoms with E-state index in [4.69, 9.17) is 9.47 Å². The SMILES string of the molecule is O=Cc1c(F)cccc1C1=CC2COCC(C1)N2C(=O)OCc1ccccc1. The number of benzene rings is 2. The molecule has 0 N–H and O–H groups in total. The fourth-order valence-electron chi connectivity index (χ4n) is 3.81. The van der Waals surface area contributed by atoms with Crippen LogP contribution in [0.25, 0.3) is 5.57 Å². The van der Waals surface area contributed by atoms with Crippen LogP contribution in [0, 0.1) is 5.82 Å². The zero-order valence-electron chi connectivity index (χ0n) is 15.2. The van der Waals surface area contributed by atoms with Gasteiger partial charge >= 0.3 is 6.09 Å². The topological polar surface area (TPSA) is 55.8 Å². The van der Waals surface area contributed by atoms with Gasteiger partial charge in [-0.15, -0.1) is 0 Å². The molecule has 1 fully saturated rings. The van der Waals surface area contributed by atoms with Crippen molar-refractivity contribution in [3.63, 3.8) is 0 Å². The molecule has 2 atom stereocenters. The van der Waals surface area contributed by atoms with E-state index in [1.165, 1.54) is 6.07 Å². The maximum absolute atomic E-state index is 14.0. The molecule has 2 aromatic rings. The van der Waals surface area contributed by atoms with Gasteiger partial charge in [-0.3, -0.25) is 9.69 Å². The fourth-order valence-corrected chi connectivity index (χ4v) is 3.81. The van der Waals surface area contributed by atoms with Gasteiger partial charge in [0.15, 0.2) is 6.29 Å². The van der Waals surface area contributed by atoms with Crippen molar-refractivity contribution in [1.82, 2.24) is 4.90 Å². The van der Waals surface area contributed by atoms with E-state index >= 15 is 0 Å². The molecule has 6 heteroatoms. The highest BCUT2D eigenvalue weighted by Crippen LogP contribution is 2.34. The minimum absolute atomic E-state index is 0.0489. The maximum atomic E-state index is 14.0. The highest BCUT2D eigenvalue weighted by molar-refractivity contribution is 5.87. The number of carbonyl (C=O) groups is 2. The summed E-state index contributed by atoms with van der Waals surface area (Å²) in [5, 5.41) is 0. The molecule has 0 saturated carbocycles. The molecule has 0 radical (unpaired) electrons. The number of rotatable bonds is 4. The molecule has 2 heterocycles. The molecular formula is C22H20FNO4. The van der Waals surface area contributed by atoms with Crippen LogP contribution in [-0.2, 0) is 16.1 Å². The first-order valence-corrected chi connectivity index (χ1v) is 9.19. The van der Waals surface area contributed by atoms with Crippen molar-refractivity contribution in [2.45, 2.75) is 25.1 Å². The molecule has 5 nitrogen and oxygen atoms in total. The van der Waals surface area contributed by atoms with Crippen LogP contribution in [0.5, 0.6) is 0 Å². The number of aldehydes is 1. The Kier molecular flexibility index (Phi) is 5.21. The molecule has 2 bridgehead atoms. The van der Waals surface area contributed by atoms with E-state index in [0.717, 1.165) is 11.1 Å². The number of fused-ring (bicyclic) bond motifs is 2. The summed E-state index contributed by atoms with van der Waals surface area (Å²) < 4.78 is 25.1. The number of halogens is 1. The van der Waals surface area contributed by atoms with Crippen molar-refractivity contribution >= 4 is 18.0 Å². The second-order valence-electron chi connectivity index (χ2n) is 6.92. The summed E-state index contributed by atoms with van der Waals surface area (Å²) in [6, 6.07) is 13.6. The fraction of sp³-hybridized carbons (Fsp3) is 0.273. The van der Waals surface area contributed by atoms with Crippen molar-refractivity contribution in [3.05, 3.63) is 77.1 Å². The Hall–Kier alpha value is -2.99. The molecular weight excluding hydrogens is 361 g/mol. The van der Waals surface area contributed by atoms with Crippen molar-refractivity contribution in [2.75, 3.05) is 13.2 Å². The highest BCUT2D eigenvalue weighted by Gasteiger charge is 2.39. The Bertz CT molecular complexity index is 912. The van der Waals surface area contributed by atoms with Crippen LogP contribution in [-0.4, -0.2) is 42.6 Å². The molecule has 2 aliphatic heterocycles. The number of nitrogens with zero attached hydrogens (tertiary/aromatic N) is 1. The van der Waals surface area contributed by atoms with E-state index in [-0.39, 0.29) is 24.3 Å². The first-order chi connectivity index (χ1) is 13.7. The highest BCUT2D eigenvalue weighted by atomic mass is 19.1. The van der Waals surface area contributed by atoms with Crippen LogP contribution in [0.2, 0.25) is 0 Å². The first-order valence-electron chi connectivity index (χ1n) is 9.19. The lowest BCUT2D eigenvalue weighted by molar-refractivity contribution is -0.0342. The van der Waals surface area contributed by atoms with Gasteiger partial charge in [0.25, 0.3) is 0 Å². The Morgan fingerprint density at radius 2 is 2.00 bits per heavy atom. The zero-order chi connectivity index (χ0) is 19.5. The molecule has 1 saturated heterocycles. The molecule has 2 aromatic carbocycles. The van der Waals surface area contributed by atoms with E-state index < -0.39 is 11.9 Å². The number of morpholine rings is 1. The average molecular weight is 381 g/mol. The summed E-state index contributed by atoms with van der Waals surface area (Å²) in [6.07, 6.45) is 2.49. The minimum atomic E-state index is -0.542. The molecule has 1 amide bonds. The third-order valence-corrected chi connectivity index (χ3v) is 5.13. The van der Waals surface area contributed by atoms with Crippen LogP contribution in [0.15, 0.2) is 54.6 Å². The second kappa shape index (κ2) is 7.94. The third-order valence-electron chi connectivity index (χ3n) is 5.13. The monoisotopic (exact) mass is 381 g/mol. The molecule has 0 spiro atoms. The lowest BCUT2D eigenvalue weighted by atomic mass is 9.88. The smallest absolute Gasteiger partial charge is 0.411 e. The van der Waals surface area contributed by atoms with Gasteiger partial charge in [-0.2, -0.15) is 0 Å². The Morgan fingerprint density at radius 3 is 2.75 bits per heavy atom. The third kappa shape index (κ3) is 3.55. The van der Waals surface area contributed by atoms with E-state index in [2.05, 4.69) is 0 Å². The normalized spacial score (nSPS) is 21.0. The predicted molar refractivity (Wildman–Crippen MR) is 101 cm³/mol. The van der Waals surface area contributed by atoms with E-state index in [9.17, 15) is 14.0 Å². The summed E-state index contributed by atoms with van der Waals surface area (Å²) in [7, 11) is 0. The quantitative estimate of drug-likeness (QED) is 0.756. The van der Waals surface area contributed by atoms with Gasteiger partial charge in [0.2, 0.25) is 0 Å². The summed E-state index contributed by atoms with van der Waals surface area (Å²) in [4.78, 5) is 25.8. The second-order valence-corrected chi connectivity index (χ2v) is 6.92. The van der Waals surface area contributed by atoms with Gasteiger partial charge in [-0.05, 0) is 29.2 Å². The van der Waals surface area contributed by atoms with Gasteiger partial charge in [0.1, 0.15) is 12.4 Å². The number of carbonyl (C=O) groups excluding carboxylic acids is 2. The largest absolute Gasteiger partial charge is 0.445 e. The van der Waals surface area contributed by atoms with Gasteiger partial charge in [-0.1, -0.05) is 48.5 Å². The van der Waals surface area contributed by atoms with Gasteiger partial charge in [0.05, 0.1) is 30.9 Å². The van der Waals surface area contributed by atoms with Crippen LogP contribution < -0.4 is 0 Å². The number of amides is 1.